The number of piperidine rings is 2. The van der Waals surface area contributed by atoms with Gasteiger partial charge in [0, 0.05) is 43.9 Å². The number of anilines is 1. The van der Waals surface area contributed by atoms with Crippen molar-refractivity contribution >= 4 is 11.7 Å². The maximum Gasteiger partial charge on any atom is 0.222 e. The highest BCUT2D eigenvalue weighted by atomic mass is 16.2. The number of likely N-dealkylation sites (tertiary alicyclic amines) is 1. The third kappa shape index (κ3) is 3.94. The normalized spacial score (nSPS) is 23.1. The number of carbonyl (C=O) groups excluding carboxylic acids is 1. The van der Waals surface area contributed by atoms with Gasteiger partial charge in [-0.25, -0.2) is 4.98 Å². The monoisotopic (exact) mass is 365 g/mol. The van der Waals surface area contributed by atoms with Gasteiger partial charge in [-0.3, -0.25) is 14.8 Å². The van der Waals surface area contributed by atoms with Gasteiger partial charge >= 0.3 is 0 Å². The third-order valence-corrected chi connectivity index (χ3v) is 5.82. The van der Waals surface area contributed by atoms with E-state index in [9.17, 15) is 4.79 Å². The average molecular weight is 365 g/mol. The van der Waals surface area contributed by atoms with E-state index >= 15 is 0 Å². The predicted molar refractivity (Wildman–Crippen MR) is 104 cm³/mol. The maximum absolute atomic E-state index is 12.5. The molecule has 0 unspecified atom stereocenters. The molecule has 4 rings (SSSR count). The van der Waals surface area contributed by atoms with E-state index < -0.39 is 0 Å². The van der Waals surface area contributed by atoms with Crippen LogP contribution in [0.25, 0.3) is 0 Å². The van der Waals surface area contributed by atoms with Crippen molar-refractivity contribution in [1.29, 1.82) is 0 Å². The Balaban J connectivity index is 1.50. The summed E-state index contributed by atoms with van der Waals surface area (Å²) in [5, 5.41) is 0. The number of nitrogens with zero attached hydrogens (tertiary/aromatic N) is 5. The standard InChI is InChI=1S/C21H27N5O/c1-16-5-8-22-19(10-16)25-9-3-6-21(14-25)7-4-20(27)26(15-21)13-18-12-23-17(2)11-24-18/h5,8,10-12H,3-4,6-7,9,13-15H2,1-2H3/t21-/m1/s1. The Bertz CT molecular complexity index is 822. The zero-order valence-electron chi connectivity index (χ0n) is 16.2. The van der Waals surface area contributed by atoms with E-state index in [1.165, 1.54) is 12.0 Å². The Labute approximate surface area is 160 Å². The molecule has 0 saturated carbocycles. The molecule has 2 aliphatic heterocycles. The molecule has 2 fully saturated rings. The number of amides is 1. The van der Waals surface area contributed by atoms with Crippen LogP contribution in [0, 0.1) is 19.3 Å². The molecule has 2 aliphatic rings. The number of carbonyl (C=O) groups is 1. The molecule has 0 radical (unpaired) electrons. The summed E-state index contributed by atoms with van der Waals surface area (Å²) in [6, 6.07) is 4.19. The summed E-state index contributed by atoms with van der Waals surface area (Å²) in [6.45, 7) is 7.38. The summed E-state index contributed by atoms with van der Waals surface area (Å²) in [6.07, 6.45) is 9.33. The Morgan fingerprint density at radius 2 is 2.00 bits per heavy atom. The number of rotatable bonds is 3. The molecule has 1 spiro atoms. The van der Waals surface area contributed by atoms with Crippen LogP contribution in [-0.4, -0.2) is 45.4 Å². The van der Waals surface area contributed by atoms with Gasteiger partial charge in [-0.05, 0) is 50.8 Å². The molecule has 1 amide bonds. The van der Waals surface area contributed by atoms with Gasteiger partial charge in [-0.15, -0.1) is 0 Å². The number of pyridine rings is 1. The van der Waals surface area contributed by atoms with Crippen molar-refractivity contribution in [2.75, 3.05) is 24.5 Å². The minimum atomic E-state index is 0.149. The first-order valence-corrected chi connectivity index (χ1v) is 9.76. The van der Waals surface area contributed by atoms with Crippen LogP contribution in [0.5, 0.6) is 0 Å². The molecule has 2 saturated heterocycles. The average Bonchev–Trinajstić information content (AvgIpc) is 2.67. The van der Waals surface area contributed by atoms with Crippen molar-refractivity contribution in [1.82, 2.24) is 19.9 Å². The zero-order valence-corrected chi connectivity index (χ0v) is 16.2. The van der Waals surface area contributed by atoms with Gasteiger partial charge in [-0.2, -0.15) is 0 Å². The lowest BCUT2D eigenvalue weighted by molar-refractivity contribution is -0.138. The van der Waals surface area contributed by atoms with Crippen LogP contribution in [-0.2, 0) is 11.3 Å². The van der Waals surface area contributed by atoms with E-state index in [4.69, 9.17) is 0 Å². The highest BCUT2D eigenvalue weighted by molar-refractivity contribution is 5.77. The molecule has 0 aliphatic carbocycles. The van der Waals surface area contributed by atoms with Gasteiger partial charge in [0.2, 0.25) is 5.91 Å². The fourth-order valence-electron chi connectivity index (χ4n) is 4.37. The molecule has 2 aromatic rings. The fraction of sp³-hybridized carbons (Fsp3) is 0.524. The summed E-state index contributed by atoms with van der Waals surface area (Å²) in [5.41, 5.74) is 3.14. The molecule has 0 aromatic carbocycles. The number of aromatic nitrogens is 3. The Morgan fingerprint density at radius 1 is 1.11 bits per heavy atom. The Kier molecular flexibility index (Phi) is 4.81. The largest absolute Gasteiger partial charge is 0.356 e. The molecule has 0 N–H and O–H groups in total. The first kappa shape index (κ1) is 17.9. The van der Waals surface area contributed by atoms with E-state index in [0.717, 1.165) is 49.7 Å². The molecule has 2 aromatic heterocycles. The number of hydrogen-bond donors (Lipinski definition) is 0. The lowest BCUT2D eigenvalue weighted by Gasteiger charge is -2.48. The second-order valence-corrected chi connectivity index (χ2v) is 8.12. The van der Waals surface area contributed by atoms with Crippen LogP contribution in [0.15, 0.2) is 30.7 Å². The lowest BCUT2D eigenvalue weighted by atomic mass is 9.73. The molecule has 0 bridgehead atoms. The second kappa shape index (κ2) is 7.25. The van der Waals surface area contributed by atoms with Gasteiger partial charge in [0.05, 0.1) is 24.1 Å². The van der Waals surface area contributed by atoms with Crippen LogP contribution in [0.4, 0.5) is 5.82 Å². The highest BCUT2D eigenvalue weighted by Crippen LogP contribution is 2.40. The zero-order chi connectivity index (χ0) is 18.9. The summed E-state index contributed by atoms with van der Waals surface area (Å²) in [5.74, 6) is 1.29. The minimum Gasteiger partial charge on any atom is -0.356 e. The smallest absolute Gasteiger partial charge is 0.222 e. The first-order valence-electron chi connectivity index (χ1n) is 9.76. The van der Waals surface area contributed by atoms with Crippen LogP contribution in [0.3, 0.4) is 0 Å². The topological polar surface area (TPSA) is 62.2 Å². The second-order valence-electron chi connectivity index (χ2n) is 8.12. The summed E-state index contributed by atoms with van der Waals surface area (Å²) in [7, 11) is 0. The molecule has 6 nitrogen and oxygen atoms in total. The molecule has 6 heteroatoms. The summed E-state index contributed by atoms with van der Waals surface area (Å²) in [4.78, 5) is 30.3. The van der Waals surface area contributed by atoms with E-state index in [1.54, 1.807) is 12.4 Å². The Hall–Kier alpha value is -2.50. The first-order chi connectivity index (χ1) is 13.0. The van der Waals surface area contributed by atoms with Crippen molar-refractivity contribution in [3.8, 4) is 0 Å². The summed E-state index contributed by atoms with van der Waals surface area (Å²) >= 11 is 0. The SMILES string of the molecule is Cc1ccnc(N2CCC[C@@]3(CCC(=O)N(Cc4cnc(C)cn4)C3)C2)c1. The fourth-order valence-corrected chi connectivity index (χ4v) is 4.37. The lowest BCUT2D eigenvalue weighted by Crippen LogP contribution is -2.54. The minimum absolute atomic E-state index is 0.149. The molecular formula is C21H27N5O. The van der Waals surface area contributed by atoms with Crippen molar-refractivity contribution in [2.45, 2.75) is 46.1 Å². The van der Waals surface area contributed by atoms with Gasteiger partial charge < -0.3 is 9.80 Å². The van der Waals surface area contributed by atoms with Gasteiger partial charge in [0.15, 0.2) is 0 Å². The number of hydrogen-bond acceptors (Lipinski definition) is 5. The van der Waals surface area contributed by atoms with Gasteiger partial charge in [-0.1, -0.05) is 0 Å². The van der Waals surface area contributed by atoms with E-state index in [2.05, 4.69) is 32.8 Å². The molecular weight excluding hydrogens is 338 g/mol. The molecule has 4 heterocycles. The van der Waals surface area contributed by atoms with Crippen molar-refractivity contribution in [3.63, 3.8) is 0 Å². The van der Waals surface area contributed by atoms with E-state index in [1.807, 2.05) is 24.1 Å². The number of aryl methyl sites for hydroxylation is 2. The van der Waals surface area contributed by atoms with Gasteiger partial charge in [0.1, 0.15) is 5.82 Å². The van der Waals surface area contributed by atoms with Crippen molar-refractivity contribution in [2.24, 2.45) is 5.41 Å². The Morgan fingerprint density at radius 3 is 2.78 bits per heavy atom. The van der Waals surface area contributed by atoms with Crippen LogP contribution < -0.4 is 4.90 Å². The van der Waals surface area contributed by atoms with Crippen LogP contribution in [0.2, 0.25) is 0 Å². The molecule has 142 valence electrons. The summed E-state index contributed by atoms with van der Waals surface area (Å²) < 4.78 is 0. The van der Waals surface area contributed by atoms with Crippen LogP contribution >= 0.6 is 0 Å². The van der Waals surface area contributed by atoms with Crippen LogP contribution in [0.1, 0.15) is 42.6 Å². The van der Waals surface area contributed by atoms with Crippen molar-refractivity contribution in [3.05, 3.63) is 47.7 Å². The van der Waals surface area contributed by atoms with E-state index in [0.29, 0.717) is 13.0 Å². The maximum atomic E-state index is 12.5. The molecule has 1 atom stereocenters. The quantitative estimate of drug-likeness (QED) is 0.837. The van der Waals surface area contributed by atoms with Gasteiger partial charge in [0.25, 0.3) is 0 Å². The molecule has 27 heavy (non-hydrogen) atoms. The predicted octanol–water partition coefficient (Wildman–Crippen LogP) is 2.90. The third-order valence-electron chi connectivity index (χ3n) is 5.82. The highest BCUT2D eigenvalue weighted by Gasteiger charge is 2.42. The van der Waals surface area contributed by atoms with E-state index in [-0.39, 0.29) is 11.3 Å². The van der Waals surface area contributed by atoms with Crippen molar-refractivity contribution < 1.29 is 4.79 Å².